The SMILES string of the molecule is IC1=CCC2C=C(I)C=CC2=C1. The van der Waals surface area contributed by atoms with E-state index in [1.807, 2.05) is 0 Å². The Morgan fingerprint density at radius 1 is 1.17 bits per heavy atom. The maximum absolute atomic E-state index is 2.38. The quantitative estimate of drug-likeness (QED) is 0.553. The van der Waals surface area contributed by atoms with Crippen molar-refractivity contribution < 1.29 is 0 Å². The van der Waals surface area contributed by atoms with Gasteiger partial charge in [0.05, 0.1) is 0 Å². The zero-order chi connectivity index (χ0) is 8.55. The first kappa shape index (κ1) is 8.99. The predicted octanol–water partition coefficient (Wildman–Crippen LogP) is 4.14. The fourth-order valence-electron chi connectivity index (χ4n) is 1.46. The molecule has 0 heterocycles. The van der Waals surface area contributed by atoms with Crippen molar-refractivity contribution in [1.29, 1.82) is 0 Å². The highest BCUT2D eigenvalue weighted by atomic mass is 127. The molecule has 1 unspecified atom stereocenters. The summed E-state index contributed by atoms with van der Waals surface area (Å²) in [5.41, 5.74) is 1.46. The molecule has 0 bridgehead atoms. The van der Waals surface area contributed by atoms with Crippen LogP contribution < -0.4 is 0 Å². The summed E-state index contributed by atoms with van der Waals surface area (Å²) < 4.78 is 2.73. The molecule has 0 amide bonds. The van der Waals surface area contributed by atoms with E-state index in [9.17, 15) is 0 Å². The molecule has 0 aliphatic heterocycles. The summed E-state index contributed by atoms with van der Waals surface area (Å²) in [4.78, 5) is 0. The fraction of sp³-hybridized carbons (Fsp3) is 0.200. The molecule has 12 heavy (non-hydrogen) atoms. The van der Waals surface area contributed by atoms with Gasteiger partial charge >= 0.3 is 0 Å². The lowest BCUT2D eigenvalue weighted by molar-refractivity contribution is 0.778. The molecule has 1 atom stereocenters. The van der Waals surface area contributed by atoms with Crippen LogP contribution in [0.15, 0.2) is 43.1 Å². The average Bonchev–Trinajstić information content (AvgIpc) is 2.05. The van der Waals surface area contributed by atoms with Gasteiger partial charge in [-0.15, -0.1) is 0 Å². The monoisotopic (exact) mass is 382 g/mol. The van der Waals surface area contributed by atoms with E-state index in [2.05, 4.69) is 75.6 Å². The van der Waals surface area contributed by atoms with Crippen molar-refractivity contribution in [2.45, 2.75) is 6.42 Å². The summed E-state index contributed by atoms with van der Waals surface area (Å²) >= 11 is 4.75. The summed E-state index contributed by atoms with van der Waals surface area (Å²) in [6, 6.07) is 0. The van der Waals surface area contributed by atoms with E-state index in [-0.39, 0.29) is 0 Å². The van der Waals surface area contributed by atoms with Gasteiger partial charge in [-0.25, -0.2) is 0 Å². The van der Waals surface area contributed by atoms with Crippen molar-refractivity contribution in [1.82, 2.24) is 0 Å². The van der Waals surface area contributed by atoms with Crippen LogP contribution in [0.4, 0.5) is 0 Å². The van der Waals surface area contributed by atoms with Gasteiger partial charge in [0.1, 0.15) is 0 Å². The van der Waals surface area contributed by atoms with Gasteiger partial charge in [0, 0.05) is 13.1 Å². The Kier molecular flexibility index (Phi) is 2.74. The lowest BCUT2D eigenvalue weighted by Crippen LogP contribution is -2.05. The summed E-state index contributed by atoms with van der Waals surface area (Å²) in [7, 11) is 0. The third kappa shape index (κ3) is 1.84. The van der Waals surface area contributed by atoms with Gasteiger partial charge in [-0.05, 0) is 69.3 Å². The van der Waals surface area contributed by atoms with Gasteiger partial charge in [-0.2, -0.15) is 0 Å². The zero-order valence-corrected chi connectivity index (χ0v) is 10.7. The molecule has 0 N–H and O–H groups in total. The molecule has 62 valence electrons. The van der Waals surface area contributed by atoms with Crippen molar-refractivity contribution in [3.05, 3.63) is 43.1 Å². The van der Waals surface area contributed by atoms with Crippen molar-refractivity contribution in [2.75, 3.05) is 0 Å². The molecule has 0 saturated carbocycles. The van der Waals surface area contributed by atoms with Gasteiger partial charge in [0.15, 0.2) is 0 Å². The second-order valence-electron chi connectivity index (χ2n) is 2.96. The number of hydrogen-bond acceptors (Lipinski definition) is 0. The van der Waals surface area contributed by atoms with Crippen LogP contribution in [-0.2, 0) is 0 Å². The number of fused-ring (bicyclic) bond motifs is 1. The Bertz CT molecular complexity index is 319. The molecule has 0 spiro atoms. The smallest absolute Gasteiger partial charge is 0.00963 e. The van der Waals surface area contributed by atoms with Crippen molar-refractivity contribution >= 4 is 45.2 Å². The van der Waals surface area contributed by atoms with E-state index in [1.54, 1.807) is 0 Å². The van der Waals surface area contributed by atoms with Crippen LogP contribution in [0.2, 0.25) is 0 Å². The third-order valence-corrected chi connectivity index (χ3v) is 3.57. The van der Waals surface area contributed by atoms with Gasteiger partial charge in [0.25, 0.3) is 0 Å². The molecule has 0 aromatic rings. The Morgan fingerprint density at radius 2 is 2.00 bits per heavy atom. The second kappa shape index (κ2) is 3.65. The average molecular weight is 382 g/mol. The largest absolute Gasteiger partial charge is 0.0702 e. The highest BCUT2D eigenvalue weighted by Crippen LogP contribution is 2.33. The van der Waals surface area contributed by atoms with Crippen LogP contribution in [0.3, 0.4) is 0 Å². The minimum atomic E-state index is 0.639. The summed E-state index contributed by atoms with van der Waals surface area (Å²) in [6.45, 7) is 0. The van der Waals surface area contributed by atoms with E-state index < -0.39 is 0 Å². The topological polar surface area (TPSA) is 0 Å². The minimum Gasteiger partial charge on any atom is -0.0702 e. The van der Waals surface area contributed by atoms with E-state index in [0.29, 0.717) is 5.92 Å². The van der Waals surface area contributed by atoms with Crippen LogP contribution in [0, 0.1) is 5.92 Å². The van der Waals surface area contributed by atoms with E-state index in [0.717, 1.165) is 0 Å². The molecule has 0 aromatic heterocycles. The molecule has 0 fully saturated rings. The van der Waals surface area contributed by atoms with E-state index in [4.69, 9.17) is 0 Å². The number of rotatable bonds is 0. The number of allylic oxidation sites excluding steroid dienone is 8. The van der Waals surface area contributed by atoms with Crippen LogP contribution in [0.25, 0.3) is 0 Å². The highest BCUT2D eigenvalue weighted by Gasteiger charge is 2.15. The first-order valence-electron chi connectivity index (χ1n) is 3.88. The first-order chi connectivity index (χ1) is 5.75. The molecule has 2 rings (SSSR count). The molecule has 2 aliphatic rings. The van der Waals surface area contributed by atoms with Crippen LogP contribution in [0.1, 0.15) is 6.42 Å². The molecule has 2 aliphatic carbocycles. The lowest BCUT2D eigenvalue weighted by atomic mass is 9.88. The Labute approximate surface area is 99.8 Å². The van der Waals surface area contributed by atoms with Crippen LogP contribution >= 0.6 is 45.2 Å². The summed E-state index contributed by atoms with van der Waals surface area (Å²) in [5, 5.41) is 0. The van der Waals surface area contributed by atoms with Gasteiger partial charge < -0.3 is 0 Å². The Morgan fingerprint density at radius 3 is 2.83 bits per heavy atom. The standard InChI is InChI=1S/C10H8I2/c11-9-3-1-7-5-10(12)4-2-8(7)6-9/h1,3-6,8H,2H2. The molecule has 0 aromatic carbocycles. The van der Waals surface area contributed by atoms with Gasteiger partial charge in [-0.3, -0.25) is 0 Å². The van der Waals surface area contributed by atoms with Crippen LogP contribution in [-0.4, -0.2) is 0 Å². The van der Waals surface area contributed by atoms with E-state index >= 15 is 0 Å². The normalized spacial score (nSPS) is 27.2. The third-order valence-electron chi connectivity index (χ3n) is 2.09. The lowest BCUT2D eigenvalue weighted by Gasteiger charge is -2.20. The van der Waals surface area contributed by atoms with Crippen molar-refractivity contribution in [2.24, 2.45) is 5.92 Å². The fourth-order valence-corrected chi connectivity index (χ4v) is 2.69. The predicted molar refractivity (Wildman–Crippen MR) is 69.5 cm³/mol. The van der Waals surface area contributed by atoms with E-state index in [1.165, 1.54) is 19.2 Å². The van der Waals surface area contributed by atoms with Gasteiger partial charge in [0.2, 0.25) is 0 Å². The minimum absolute atomic E-state index is 0.639. The summed E-state index contributed by atoms with van der Waals surface area (Å²) in [6.07, 6.45) is 12.5. The molecule has 0 radical (unpaired) electrons. The molecular weight excluding hydrogens is 374 g/mol. The molecule has 0 nitrogen and oxygen atoms in total. The second-order valence-corrected chi connectivity index (χ2v) is 5.45. The van der Waals surface area contributed by atoms with Gasteiger partial charge in [-0.1, -0.05) is 18.2 Å². The highest BCUT2D eigenvalue weighted by molar-refractivity contribution is 14.1. The molecule has 0 saturated heterocycles. The maximum atomic E-state index is 2.38. The summed E-state index contributed by atoms with van der Waals surface area (Å²) in [5.74, 6) is 0.639. The van der Waals surface area contributed by atoms with Crippen molar-refractivity contribution in [3.63, 3.8) is 0 Å². The zero-order valence-electron chi connectivity index (χ0n) is 6.43. The number of halogens is 2. The molecule has 2 heteroatoms. The van der Waals surface area contributed by atoms with Crippen molar-refractivity contribution in [3.8, 4) is 0 Å². The maximum Gasteiger partial charge on any atom is 0.00963 e. The number of hydrogen-bond donors (Lipinski definition) is 0. The van der Waals surface area contributed by atoms with Crippen LogP contribution in [0.5, 0.6) is 0 Å². The molecular formula is C10H8I2. The Hall–Kier alpha value is 0.420. The Balaban J connectivity index is 2.33. The first-order valence-corrected chi connectivity index (χ1v) is 6.04.